The van der Waals surface area contributed by atoms with Crippen LogP contribution >= 0.6 is 0 Å². The van der Waals surface area contributed by atoms with E-state index in [9.17, 15) is 0 Å². The van der Waals surface area contributed by atoms with Crippen LogP contribution in [0.2, 0.25) is 0 Å². The van der Waals surface area contributed by atoms with Crippen molar-refractivity contribution < 1.29 is 0 Å². The Morgan fingerprint density at radius 2 is 2.07 bits per heavy atom. The van der Waals surface area contributed by atoms with E-state index in [1.807, 2.05) is 0 Å². The van der Waals surface area contributed by atoms with Crippen LogP contribution in [0.4, 0.5) is 0 Å². The van der Waals surface area contributed by atoms with Crippen LogP contribution in [0.15, 0.2) is 0 Å². The first-order valence-electron chi connectivity index (χ1n) is 6.21. The maximum atomic E-state index is 3.83. The lowest BCUT2D eigenvalue weighted by Gasteiger charge is -2.46. The van der Waals surface area contributed by atoms with Gasteiger partial charge in [0, 0.05) is 5.54 Å². The van der Waals surface area contributed by atoms with Crippen molar-refractivity contribution in [3.63, 3.8) is 0 Å². The summed E-state index contributed by atoms with van der Waals surface area (Å²) in [5, 5.41) is 7.34. The molecule has 2 saturated heterocycles. The predicted octanol–water partition coefficient (Wildman–Crippen LogP) is 1.76. The Balaban J connectivity index is 2.11. The van der Waals surface area contributed by atoms with Gasteiger partial charge >= 0.3 is 0 Å². The van der Waals surface area contributed by atoms with Crippen LogP contribution in [0.3, 0.4) is 0 Å². The van der Waals surface area contributed by atoms with E-state index < -0.39 is 0 Å². The van der Waals surface area contributed by atoms with Crippen LogP contribution in [0, 0.1) is 11.8 Å². The van der Waals surface area contributed by atoms with E-state index in [4.69, 9.17) is 0 Å². The maximum absolute atomic E-state index is 3.83. The molecule has 2 N–H and O–H groups in total. The molecule has 2 unspecified atom stereocenters. The molecule has 2 nitrogen and oxygen atoms in total. The molecule has 0 bridgehead atoms. The first-order chi connectivity index (χ1) is 6.76. The quantitative estimate of drug-likeness (QED) is 0.703. The van der Waals surface area contributed by atoms with Crippen molar-refractivity contribution in [1.82, 2.24) is 10.6 Å². The van der Waals surface area contributed by atoms with E-state index in [0.29, 0.717) is 5.54 Å². The first kappa shape index (κ1) is 10.4. The number of nitrogens with one attached hydrogen (secondary N) is 2. The maximum Gasteiger partial charge on any atom is 0.0245 e. The van der Waals surface area contributed by atoms with Gasteiger partial charge in [-0.25, -0.2) is 0 Å². The molecule has 0 spiro atoms. The van der Waals surface area contributed by atoms with Crippen molar-refractivity contribution in [3.05, 3.63) is 0 Å². The lowest BCUT2D eigenvalue weighted by molar-refractivity contribution is 0.114. The molecule has 0 aromatic rings. The summed E-state index contributed by atoms with van der Waals surface area (Å²) < 4.78 is 0. The molecule has 14 heavy (non-hydrogen) atoms. The van der Waals surface area contributed by atoms with Gasteiger partial charge in [-0.1, -0.05) is 20.3 Å². The van der Waals surface area contributed by atoms with E-state index in [2.05, 4.69) is 24.5 Å². The molecule has 2 fully saturated rings. The van der Waals surface area contributed by atoms with E-state index in [0.717, 1.165) is 11.8 Å². The zero-order valence-electron chi connectivity index (χ0n) is 9.60. The van der Waals surface area contributed by atoms with Gasteiger partial charge in [0.15, 0.2) is 0 Å². The van der Waals surface area contributed by atoms with E-state index in [-0.39, 0.29) is 0 Å². The molecule has 2 aliphatic heterocycles. The summed E-state index contributed by atoms with van der Waals surface area (Å²) in [5.74, 6) is 1.63. The van der Waals surface area contributed by atoms with Gasteiger partial charge in [-0.2, -0.15) is 0 Å². The monoisotopic (exact) mass is 196 g/mol. The lowest BCUT2D eigenvalue weighted by atomic mass is 9.70. The third-order valence-electron chi connectivity index (χ3n) is 4.29. The Bertz CT molecular complexity index is 177. The molecule has 0 aromatic carbocycles. The average molecular weight is 196 g/mol. The van der Waals surface area contributed by atoms with Crippen molar-refractivity contribution >= 4 is 0 Å². The highest BCUT2D eigenvalue weighted by molar-refractivity contribution is 5.01. The van der Waals surface area contributed by atoms with Crippen molar-refractivity contribution in [2.75, 3.05) is 19.6 Å². The highest BCUT2D eigenvalue weighted by Gasteiger charge is 2.42. The first-order valence-corrected chi connectivity index (χ1v) is 6.21. The van der Waals surface area contributed by atoms with Gasteiger partial charge in [0.2, 0.25) is 0 Å². The highest BCUT2D eigenvalue weighted by Crippen LogP contribution is 2.37. The van der Waals surface area contributed by atoms with Gasteiger partial charge < -0.3 is 10.6 Å². The molecule has 0 amide bonds. The third kappa shape index (κ3) is 1.70. The molecule has 2 atom stereocenters. The molecule has 0 radical (unpaired) electrons. The molecule has 2 rings (SSSR count). The number of hydrogen-bond donors (Lipinski definition) is 2. The molecule has 0 aliphatic carbocycles. The Kier molecular flexibility index (Phi) is 3.13. The minimum absolute atomic E-state index is 0.446. The van der Waals surface area contributed by atoms with E-state index >= 15 is 0 Å². The number of rotatable bonds is 2. The predicted molar refractivity (Wildman–Crippen MR) is 60.4 cm³/mol. The normalized spacial score (nSPS) is 39.2. The smallest absolute Gasteiger partial charge is 0.0245 e. The molecule has 2 heterocycles. The van der Waals surface area contributed by atoms with Crippen LogP contribution in [-0.4, -0.2) is 25.2 Å². The second-order valence-corrected chi connectivity index (χ2v) is 5.27. The summed E-state index contributed by atoms with van der Waals surface area (Å²) in [7, 11) is 0. The SMILES string of the molecule is CC(C)C1(C2CCNC2)CCCCN1. The van der Waals surface area contributed by atoms with Gasteiger partial charge in [-0.15, -0.1) is 0 Å². The Labute approximate surface area is 87.8 Å². The van der Waals surface area contributed by atoms with Gasteiger partial charge in [0.1, 0.15) is 0 Å². The van der Waals surface area contributed by atoms with Crippen LogP contribution in [0.1, 0.15) is 39.5 Å². The van der Waals surface area contributed by atoms with Crippen molar-refractivity contribution in [2.45, 2.75) is 45.1 Å². The lowest BCUT2D eigenvalue weighted by Crippen LogP contribution is -2.58. The second-order valence-electron chi connectivity index (χ2n) is 5.27. The number of piperidine rings is 1. The van der Waals surface area contributed by atoms with Crippen LogP contribution in [0.25, 0.3) is 0 Å². The summed E-state index contributed by atoms with van der Waals surface area (Å²) in [6.07, 6.45) is 5.54. The zero-order chi connectivity index (χ0) is 10.0. The van der Waals surface area contributed by atoms with Crippen LogP contribution in [-0.2, 0) is 0 Å². The Hall–Kier alpha value is -0.0800. The zero-order valence-corrected chi connectivity index (χ0v) is 9.60. The van der Waals surface area contributed by atoms with Gasteiger partial charge in [-0.3, -0.25) is 0 Å². The second kappa shape index (κ2) is 4.19. The van der Waals surface area contributed by atoms with Crippen molar-refractivity contribution in [2.24, 2.45) is 11.8 Å². The molecule has 2 aliphatic rings. The van der Waals surface area contributed by atoms with Gasteiger partial charge in [0.25, 0.3) is 0 Å². The third-order valence-corrected chi connectivity index (χ3v) is 4.29. The molecule has 2 heteroatoms. The highest BCUT2D eigenvalue weighted by atomic mass is 15.0. The van der Waals surface area contributed by atoms with E-state index in [1.165, 1.54) is 45.3 Å². The topological polar surface area (TPSA) is 24.1 Å². The average Bonchev–Trinajstić information content (AvgIpc) is 2.72. The molecule has 0 saturated carbocycles. The Morgan fingerprint density at radius 3 is 2.57 bits per heavy atom. The molecule has 82 valence electrons. The van der Waals surface area contributed by atoms with Gasteiger partial charge in [0.05, 0.1) is 0 Å². The van der Waals surface area contributed by atoms with Crippen molar-refractivity contribution in [3.8, 4) is 0 Å². The van der Waals surface area contributed by atoms with E-state index in [1.54, 1.807) is 0 Å². The largest absolute Gasteiger partial charge is 0.316 e. The fourth-order valence-electron chi connectivity index (χ4n) is 3.36. The summed E-state index contributed by atoms with van der Waals surface area (Å²) >= 11 is 0. The molecule has 0 aromatic heterocycles. The summed E-state index contributed by atoms with van der Waals surface area (Å²) in [5.41, 5.74) is 0.446. The molecular formula is C12H24N2. The minimum atomic E-state index is 0.446. The number of hydrogen-bond acceptors (Lipinski definition) is 2. The standard InChI is InChI=1S/C12H24N2/c1-10(2)12(6-3-4-7-14-12)11-5-8-13-9-11/h10-11,13-14H,3-9H2,1-2H3. The van der Waals surface area contributed by atoms with Crippen LogP contribution in [0.5, 0.6) is 0 Å². The fourth-order valence-corrected chi connectivity index (χ4v) is 3.36. The summed E-state index contributed by atoms with van der Waals surface area (Å²) in [4.78, 5) is 0. The summed E-state index contributed by atoms with van der Waals surface area (Å²) in [6, 6.07) is 0. The van der Waals surface area contributed by atoms with Crippen molar-refractivity contribution in [1.29, 1.82) is 0 Å². The minimum Gasteiger partial charge on any atom is -0.316 e. The molecular weight excluding hydrogens is 172 g/mol. The fraction of sp³-hybridized carbons (Fsp3) is 1.00. The summed E-state index contributed by atoms with van der Waals surface area (Å²) in [6.45, 7) is 8.45. The van der Waals surface area contributed by atoms with Gasteiger partial charge in [-0.05, 0) is 50.7 Å². The Morgan fingerprint density at radius 1 is 1.21 bits per heavy atom. The van der Waals surface area contributed by atoms with Crippen LogP contribution < -0.4 is 10.6 Å².